The highest BCUT2D eigenvalue weighted by molar-refractivity contribution is 5.98. The zero-order valence-corrected chi connectivity index (χ0v) is 12.9. The molecular weight excluding hydrogens is 254 g/mol. The maximum Gasteiger partial charge on any atom is 0.231 e. The Bertz CT molecular complexity index is 505. The van der Waals surface area contributed by atoms with E-state index in [-0.39, 0.29) is 18.0 Å². The van der Waals surface area contributed by atoms with Crippen molar-refractivity contribution in [2.45, 2.75) is 33.7 Å². The summed E-state index contributed by atoms with van der Waals surface area (Å²) in [4.78, 5) is 14.4. The Labute approximate surface area is 120 Å². The second kappa shape index (κ2) is 5.44. The van der Waals surface area contributed by atoms with Crippen molar-refractivity contribution in [3.8, 4) is 11.5 Å². The van der Waals surface area contributed by atoms with Gasteiger partial charge in [0, 0.05) is 11.6 Å². The molecule has 20 heavy (non-hydrogen) atoms. The van der Waals surface area contributed by atoms with Gasteiger partial charge in [-0.25, -0.2) is 0 Å². The number of likely N-dealkylation sites (N-methyl/N-ethyl adjacent to an activating group) is 1. The van der Waals surface area contributed by atoms with E-state index in [1.807, 2.05) is 7.05 Å². The largest absolute Gasteiger partial charge is 0.454 e. The van der Waals surface area contributed by atoms with Crippen molar-refractivity contribution in [1.29, 1.82) is 0 Å². The molecule has 1 aromatic carbocycles. The summed E-state index contributed by atoms with van der Waals surface area (Å²) in [5.74, 6) is 1.46. The first-order valence-corrected chi connectivity index (χ1v) is 6.92. The van der Waals surface area contributed by atoms with Crippen LogP contribution in [0, 0.1) is 5.41 Å². The lowest BCUT2D eigenvalue weighted by Gasteiger charge is -2.34. The molecule has 1 unspecified atom stereocenters. The number of Topliss-reactive ketones (excluding diaryl/α,β-unsaturated/α-hetero) is 1. The van der Waals surface area contributed by atoms with E-state index in [4.69, 9.17) is 9.47 Å². The number of hydrogen-bond donors (Lipinski definition) is 0. The lowest BCUT2D eigenvalue weighted by Crippen LogP contribution is -2.41. The van der Waals surface area contributed by atoms with Gasteiger partial charge in [-0.05, 0) is 37.6 Å². The van der Waals surface area contributed by atoms with Crippen LogP contribution in [0.4, 0.5) is 0 Å². The molecule has 2 rings (SSSR count). The zero-order valence-electron chi connectivity index (χ0n) is 12.9. The van der Waals surface area contributed by atoms with Crippen LogP contribution in [0.15, 0.2) is 18.2 Å². The monoisotopic (exact) mass is 277 g/mol. The van der Waals surface area contributed by atoms with Gasteiger partial charge in [-0.3, -0.25) is 9.69 Å². The summed E-state index contributed by atoms with van der Waals surface area (Å²) in [6, 6.07) is 5.68. The summed E-state index contributed by atoms with van der Waals surface area (Å²) < 4.78 is 10.6. The second-order valence-corrected chi connectivity index (χ2v) is 6.45. The number of hydrogen-bond acceptors (Lipinski definition) is 4. The van der Waals surface area contributed by atoms with Gasteiger partial charge in [0.15, 0.2) is 17.3 Å². The molecule has 1 aliphatic rings. The molecule has 110 valence electrons. The topological polar surface area (TPSA) is 38.8 Å². The number of carbonyl (C=O) groups excluding carboxylic acids is 1. The van der Waals surface area contributed by atoms with E-state index in [9.17, 15) is 4.79 Å². The standard InChI is InChI=1S/C16H23NO3/c1-11(16(2,3)4)17(5)9-13(18)12-6-7-14-15(8-12)20-10-19-14/h6-8,11H,9-10H2,1-5H3. The van der Waals surface area contributed by atoms with Crippen LogP contribution in [0.5, 0.6) is 11.5 Å². The molecule has 1 aromatic rings. The molecule has 0 bridgehead atoms. The summed E-state index contributed by atoms with van der Waals surface area (Å²) in [5.41, 5.74) is 0.811. The van der Waals surface area contributed by atoms with Crippen LogP contribution in [-0.4, -0.2) is 37.1 Å². The van der Waals surface area contributed by atoms with Crippen molar-refractivity contribution in [1.82, 2.24) is 4.90 Å². The van der Waals surface area contributed by atoms with Gasteiger partial charge < -0.3 is 9.47 Å². The first kappa shape index (κ1) is 14.9. The molecule has 1 heterocycles. The Morgan fingerprint density at radius 1 is 1.30 bits per heavy atom. The third-order valence-corrected chi connectivity index (χ3v) is 4.00. The van der Waals surface area contributed by atoms with Gasteiger partial charge in [0.05, 0.1) is 6.54 Å². The highest BCUT2D eigenvalue weighted by Crippen LogP contribution is 2.32. The average Bonchev–Trinajstić information content (AvgIpc) is 2.83. The molecule has 0 aromatic heterocycles. The van der Waals surface area contributed by atoms with Gasteiger partial charge in [-0.1, -0.05) is 20.8 Å². The van der Waals surface area contributed by atoms with E-state index in [0.717, 1.165) is 0 Å². The molecule has 0 N–H and O–H groups in total. The van der Waals surface area contributed by atoms with Crippen molar-refractivity contribution in [3.05, 3.63) is 23.8 Å². The first-order valence-electron chi connectivity index (χ1n) is 6.92. The lowest BCUT2D eigenvalue weighted by atomic mass is 9.87. The van der Waals surface area contributed by atoms with E-state index in [1.165, 1.54) is 0 Å². The maximum absolute atomic E-state index is 12.3. The predicted octanol–water partition coefficient (Wildman–Crippen LogP) is 2.96. The smallest absolute Gasteiger partial charge is 0.231 e. The maximum atomic E-state index is 12.3. The Kier molecular flexibility index (Phi) is 4.04. The highest BCUT2D eigenvalue weighted by atomic mass is 16.7. The molecule has 0 spiro atoms. The number of carbonyl (C=O) groups is 1. The Hall–Kier alpha value is -1.55. The predicted molar refractivity (Wildman–Crippen MR) is 78.4 cm³/mol. The second-order valence-electron chi connectivity index (χ2n) is 6.45. The Balaban J connectivity index is 2.05. The van der Waals surface area contributed by atoms with Crippen molar-refractivity contribution >= 4 is 5.78 Å². The highest BCUT2D eigenvalue weighted by Gasteiger charge is 2.25. The van der Waals surface area contributed by atoms with Crippen LogP contribution < -0.4 is 9.47 Å². The van der Waals surface area contributed by atoms with Crippen LogP contribution in [-0.2, 0) is 0 Å². The van der Waals surface area contributed by atoms with Crippen molar-refractivity contribution in [3.63, 3.8) is 0 Å². The number of benzene rings is 1. The normalized spacial score (nSPS) is 15.5. The zero-order chi connectivity index (χ0) is 14.9. The molecule has 1 aliphatic heterocycles. The first-order chi connectivity index (χ1) is 9.29. The average molecular weight is 277 g/mol. The van der Waals surface area contributed by atoms with Gasteiger partial charge >= 0.3 is 0 Å². The molecule has 0 fully saturated rings. The Morgan fingerprint density at radius 3 is 2.60 bits per heavy atom. The van der Waals surface area contributed by atoms with Gasteiger partial charge in [-0.2, -0.15) is 0 Å². The van der Waals surface area contributed by atoms with Crippen LogP contribution >= 0.6 is 0 Å². The SMILES string of the molecule is CC(N(C)CC(=O)c1ccc2c(c1)OCO2)C(C)(C)C. The molecular formula is C16H23NO3. The molecule has 0 aliphatic carbocycles. The third kappa shape index (κ3) is 3.12. The van der Waals surface area contributed by atoms with Crippen molar-refractivity contribution in [2.24, 2.45) is 5.41 Å². The summed E-state index contributed by atoms with van der Waals surface area (Å²) in [6.07, 6.45) is 0. The Morgan fingerprint density at radius 2 is 1.95 bits per heavy atom. The minimum atomic E-state index is 0.0990. The van der Waals surface area contributed by atoms with Crippen LogP contribution in [0.25, 0.3) is 0 Å². The van der Waals surface area contributed by atoms with Crippen LogP contribution in [0.2, 0.25) is 0 Å². The fourth-order valence-electron chi connectivity index (χ4n) is 2.19. The van der Waals surface area contributed by atoms with Crippen LogP contribution in [0.3, 0.4) is 0 Å². The van der Waals surface area contributed by atoms with E-state index in [1.54, 1.807) is 18.2 Å². The van der Waals surface area contributed by atoms with E-state index in [2.05, 4.69) is 32.6 Å². The quantitative estimate of drug-likeness (QED) is 0.793. The molecule has 0 saturated carbocycles. The third-order valence-electron chi connectivity index (χ3n) is 4.00. The fraction of sp³-hybridized carbons (Fsp3) is 0.562. The van der Waals surface area contributed by atoms with Gasteiger partial charge in [-0.15, -0.1) is 0 Å². The molecule has 0 amide bonds. The van der Waals surface area contributed by atoms with Crippen molar-refractivity contribution < 1.29 is 14.3 Å². The van der Waals surface area contributed by atoms with E-state index < -0.39 is 0 Å². The number of rotatable bonds is 4. The van der Waals surface area contributed by atoms with E-state index >= 15 is 0 Å². The lowest BCUT2D eigenvalue weighted by molar-refractivity contribution is 0.0853. The summed E-state index contributed by atoms with van der Waals surface area (Å²) in [6.45, 7) is 9.32. The minimum Gasteiger partial charge on any atom is -0.454 e. The fourth-order valence-corrected chi connectivity index (χ4v) is 2.19. The molecule has 0 saturated heterocycles. The molecule has 4 heteroatoms. The number of nitrogens with zero attached hydrogens (tertiary/aromatic N) is 1. The molecule has 1 atom stereocenters. The summed E-state index contributed by atoms with van der Waals surface area (Å²) >= 11 is 0. The van der Waals surface area contributed by atoms with Crippen LogP contribution in [0.1, 0.15) is 38.1 Å². The van der Waals surface area contributed by atoms with Crippen molar-refractivity contribution in [2.75, 3.05) is 20.4 Å². The van der Waals surface area contributed by atoms with Gasteiger partial charge in [0.1, 0.15) is 0 Å². The number of ketones is 1. The summed E-state index contributed by atoms with van der Waals surface area (Å²) in [7, 11) is 1.99. The number of ether oxygens (including phenoxy) is 2. The van der Waals surface area contributed by atoms with Gasteiger partial charge in [0.2, 0.25) is 6.79 Å². The van der Waals surface area contributed by atoms with Gasteiger partial charge in [0.25, 0.3) is 0 Å². The molecule has 4 nitrogen and oxygen atoms in total. The summed E-state index contributed by atoms with van der Waals surface area (Å²) in [5, 5.41) is 0. The van der Waals surface area contributed by atoms with E-state index in [0.29, 0.717) is 29.6 Å². The molecule has 0 radical (unpaired) electrons. The number of fused-ring (bicyclic) bond motifs is 1. The minimum absolute atomic E-state index is 0.0990.